The third-order valence-corrected chi connectivity index (χ3v) is 3.06. The monoisotopic (exact) mass is 257 g/mol. The molecular weight excluding hydrogens is 236 g/mol. The molecule has 2 unspecified atom stereocenters. The first-order chi connectivity index (χ1) is 8.21. The van der Waals surface area contributed by atoms with Crippen LogP contribution in [0.1, 0.15) is 39.3 Å². The fraction of sp³-hybridized carbons (Fsp3) is 0.571. The van der Waals surface area contributed by atoms with Gasteiger partial charge in [0, 0.05) is 12.6 Å². The average molecular weight is 257 g/mol. The van der Waals surface area contributed by atoms with Crippen molar-refractivity contribution in [3.63, 3.8) is 0 Å². The number of hydrogen-bond acceptors (Lipinski definition) is 2. The molecule has 0 aliphatic carbocycles. The van der Waals surface area contributed by atoms with Gasteiger partial charge in [0.15, 0.2) is 11.6 Å². The first-order valence-electron chi connectivity index (χ1n) is 6.08. The van der Waals surface area contributed by atoms with Crippen molar-refractivity contribution in [3.8, 4) is 0 Å². The molecule has 1 rings (SSSR count). The second kappa shape index (κ2) is 5.76. The molecule has 0 aliphatic heterocycles. The lowest BCUT2D eigenvalue weighted by Crippen LogP contribution is -2.37. The van der Waals surface area contributed by atoms with Crippen molar-refractivity contribution in [1.82, 2.24) is 5.32 Å². The van der Waals surface area contributed by atoms with Gasteiger partial charge in [0.25, 0.3) is 0 Å². The molecule has 0 saturated heterocycles. The minimum Gasteiger partial charge on any atom is -0.391 e. The smallest absolute Gasteiger partial charge is 0.159 e. The SMILES string of the molecule is CC(NCC(O)C(C)(C)C)c1ccc(F)c(F)c1. The number of nitrogens with one attached hydrogen (secondary N) is 1. The highest BCUT2D eigenvalue weighted by atomic mass is 19.2. The molecule has 2 atom stereocenters. The van der Waals surface area contributed by atoms with E-state index in [0.29, 0.717) is 12.1 Å². The Balaban J connectivity index is 2.60. The average Bonchev–Trinajstić information content (AvgIpc) is 2.27. The maximum absolute atomic E-state index is 13.1. The molecule has 0 aromatic heterocycles. The highest BCUT2D eigenvalue weighted by Crippen LogP contribution is 2.20. The highest BCUT2D eigenvalue weighted by Gasteiger charge is 2.22. The molecule has 0 amide bonds. The molecule has 1 aromatic carbocycles. The lowest BCUT2D eigenvalue weighted by molar-refractivity contribution is 0.0609. The standard InChI is InChI=1S/C14H21F2NO/c1-9(17-8-13(18)14(2,3)4)10-5-6-11(15)12(16)7-10/h5-7,9,13,17-18H,8H2,1-4H3. The molecule has 0 fully saturated rings. The molecule has 2 nitrogen and oxygen atoms in total. The van der Waals surface area contributed by atoms with E-state index >= 15 is 0 Å². The molecule has 0 aliphatic rings. The maximum Gasteiger partial charge on any atom is 0.159 e. The Labute approximate surface area is 107 Å². The van der Waals surface area contributed by atoms with Gasteiger partial charge in [-0.3, -0.25) is 0 Å². The van der Waals surface area contributed by atoms with E-state index in [-0.39, 0.29) is 11.5 Å². The Morgan fingerprint density at radius 1 is 1.22 bits per heavy atom. The van der Waals surface area contributed by atoms with E-state index in [0.717, 1.165) is 6.07 Å². The van der Waals surface area contributed by atoms with Gasteiger partial charge in [-0.2, -0.15) is 0 Å². The molecule has 0 spiro atoms. The van der Waals surface area contributed by atoms with Gasteiger partial charge in [-0.1, -0.05) is 26.8 Å². The summed E-state index contributed by atoms with van der Waals surface area (Å²) in [5.41, 5.74) is 0.454. The zero-order chi connectivity index (χ0) is 13.9. The lowest BCUT2D eigenvalue weighted by Gasteiger charge is -2.27. The Hall–Kier alpha value is -1.00. The summed E-state index contributed by atoms with van der Waals surface area (Å²) in [5, 5.41) is 13.0. The highest BCUT2D eigenvalue weighted by molar-refractivity contribution is 5.20. The van der Waals surface area contributed by atoms with Crippen LogP contribution in [0.4, 0.5) is 8.78 Å². The fourth-order valence-corrected chi connectivity index (χ4v) is 1.49. The summed E-state index contributed by atoms with van der Waals surface area (Å²) in [7, 11) is 0. The lowest BCUT2D eigenvalue weighted by atomic mass is 9.89. The van der Waals surface area contributed by atoms with Crippen LogP contribution in [-0.2, 0) is 0 Å². The Morgan fingerprint density at radius 2 is 1.83 bits per heavy atom. The molecular formula is C14H21F2NO. The molecule has 0 bridgehead atoms. The van der Waals surface area contributed by atoms with E-state index < -0.39 is 17.7 Å². The van der Waals surface area contributed by atoms with Gasteiger partial charge in [-0.25, -0.2) is 8.78 Å². The minimum absolute atomic E-state index is 0.142. The van der Waals surface area contributed by atoms with Crippen LogP contribution < -0.4 is 5.32 Å². The first kappa shape index (κ1) is 15.1. The normalized spacial score (nSPS) is 15.5. The first-order valence-corrected chi connectivity index (χ1v) is 6.08. The second-order valence-corrected chi connectivity index (χ2v) is 5.69. The molecule has 4 heteroatoms. The van der Waals surface area contributed by atoms with Gasteiger partial charge in [-0.15, -0.1) is 0 Å². The molecule has 0 saturated carbocycles. The largest absolute Gasteiger partial charge is 0.391 e. The Bertz CT molecular complexity index is 401. The predicted molar refractivity (Wildman–Crippen MR) is 68.2 cm³/mol. The van der Waals surface area contributed by atoms with Crippen LogP contribution >= 0.6 is 0 Å². The molecule has 0 radical (unpaired) electrons. The topological polar surface area (TPSA) is 32.3 Å². The van der Waals surface area contributed by atoms with Crippen molar-refractivity contribution in [3.05, 3.63) is 35.4 Å². The van der Waals surface area contributed by atoms with Gasteiger partial charge < -0.3 is 10.4 Å². The van der Waals surface area contributed by atoms with Crippen LogP contribution in [0.3, 0.4) is 0 Å². The summed E-state index contributed by atoms with van der Waals surface area (Å²) < 4.78 is 25.9. The summed E-state index contributed by atoms with van der Waals surface area (Å²) in [6, 6.07) is 3.69. The van der Waals surface area contributed by atoms with E-state index in [4.69, 9.17) is 0 Å². The summed E-state index contributed by atoms with van der Waals surface area (Å²) in [5.74, 6) is -1.70. The van der Waals surface area contributed by atoms with E-state index in [9.17, 15) is 13.9 Å². The molecule has 102 valence electrons. The van der Waals surface area contributed by atoms with E-state index in [2.05, 4.69) is 5.32 Å². The van der Waals surface area contributed by atoms with Crippen LogP contribution in [0.15, 0.2) is 18.2 Å². The molecule has 2 N–H and O–H groups in total. The van der Waals surface area contributed by atoms with Gasteiger partial charge in [0.1, 0.15) is 0 Å². The minimum atomic E-state index is -0.850. The third kappa shape index (κ3) is 4.03. The van der Waals surface area contributed by atoms with E-state index in [1.54, 1.807) is 6.07 Å². The van der Waals surface area contributed by atoms with E-state index in [1.165, 1.54) is 6.07 Å². The summed E-state index contributed by atoms with van der Waals surface area (Å²) in [4.78, 5) is 0. The number of rotatable bonds is 4. The fourth-order valence-electron chi connectivity index (χ4n) is 1.49. The van der Waals surface area contributed by atoms with Crippen LogP contribution in [-0.4, -0.2) is 17.8 Å². The van der Waals surface area contributed by atoms with Crippen molar-refractivity contribution in [2.75, 3.05) is 6.54 Å². The molecule has 18 heavy (non-hydrogen) atoms. The van der Waals surface area contributed by atoms with Gasteiger partial charge >= 0.3 is 0 Å². The van der Waals surface area contributed by atoms with Crippen LogP contribution in [0.2, 0.25) is 0 Å². The third-order valence-electron chi connectivity index (χ3n) is 3.06. The Morgan fingerprint density at radius 3 is 2.33 bits per heavy atom. The summed E-state index contributed by atoms with van der Waals surface area (Å²) >= 11 is 0. The second-order valence-electron chi connectivity index (χ2n) is 5.69. The van der Waals surface area contributed by atoms with Crippen LogP contribution in [0.5, 0.6) is 0 Å². The molecule has 0 heterocycles. The quantitative estimate of drug-likeness (QED) is 0.869. The number of hydrogen-bond donors (Lipinski definition) is 2. The summed E-state index contributed by atoms with van der Waals surface area (Å²) in [6.45, 7) is 8.09. The van der Waals surface area contributed by atoms with Crippen molar-refractivity contribution in [2.24, 2.45) is 5.41 Å². The van der Waals surface area contributed by atoms with Gasteiger partial charge in [-0.05, 0) is 30.0 Å². The van der Waals surface area contributed by atoms with Crippen molar-refractivity contribution in [1.29, 1.82) is 0 Å². The van der Waals surface area contributed by atoms with Gasteiger partial charge in [0.05, 0.1) is 6.10 Å². The predicted octanol–water partition coefficient (Wildman–Crippen LogP) is 3.02. The Kier molecular flexibility index (Phi) is 4.82. The number of aliphatic hydroxyl groups is 1. The van der Waals surface area contributed by atoms with Crippen molar-refractivity contribution < 1.29 is 13.9 Å². The van der Waals surface area contributed by atoms with Crippen molar-refractivity contribution >= 4 is 0 Å². The maximum atomic E-state index is 13.1. The van der Waals surface area contributed by atoms with Crippen LogP contribution in [0, 0.1) is 17.0 Å². The summed E-state index contributed by atoms with van der Waals surface area (Å²) in [6.07, 6.45) is -0.495. The zero-order valence-electron chi connectivity index (χ0n) is 11.3. The molecule has 1 aromatic rings. The van der Waals surface area contributed by atoms with Crippen LogP contribution in [0.25, 0.3) is 0 Å². The number of benzene rings is 1. The van der Waals surface area contributed by atoms with Gasteiger partial charge in [0.2, 0.25) is 0 Å². The number of aliphatic hydroxyl groups excluding tert-OH is 1. The number of halogens is 2. The van der Waals surface area contributed by atoms with Crippen molar-refractivity contribution in [2.45, 2.75) is 39.8 Å². The zero-order valence-corrected chi connectivity index (χ0v) is 11.3. The van der Waals surface area contributed by atoms with E-state index in [1.807, 2.05) is 27.7 Å².